The van der Waals surface area contributed by atoms with Gasteiger partial charge in [0.15, 0.2) is 5.11 Å². The van der Waals surface area contributed by atoms with E-state index in [-0.39, 0.29) is 5.91 Å². The summed E-state index contributed by atoms with van der Waals surface area (Å²) in [5.41, 5.74) is 2.68. The van der Waals surface area contributed by atoms with Gasteiger partial charge in [0, 0.05) is 26.3 Å². The first kappa shape index (κ1) is 14.8. The summed E-state index contributed by atoms with van der Waals surface area (Å²) in [6.07, 6.45) is 6.15. The smallest absolute Gasteiger partial charge is 0.281 e. The van der Waals surface area contributed by atoms with Crippen LogP contribution in [0.1, 0.15) is 12.8 Å². The molecule has 3 rings (SSSR count). The lowest BCUT2D eigenvalue weighted by Gasteiger charge is -2.16. The zero-order valence-electron chi connectivity index (χ0n) is 12.8. The van der Waals surface area contributed by atoms with Gasteiger partial charge in [-0.25, -0.2) is 0 Å². The van der Waals surface area contributed by atoms with Gasteiger partial charge in [0.25, 0.3) is 5.91 Å². The van der Waals surface area contributed by atoms with E-state index in [1.165, 1.54) is 12.1 Å². The molecule has 2 saturated heterocycles. The average molecular weight is 313 g/mol. The van der Waals surface area contributed by atoms with Crippen molar-refractivity contribution < 1.29 is 4.79 Å². The topological polar surface area (TPSA) is 26.8 Å². The number of anilines is 1. The summed E-state index contributed by atoms with van der Waals surface area (Å²) in [5, 5.41) is 0.514. The van der Waals surface area contributed by atoms with Crippen molar-refractivity contribution in [1.82, 2.24) is 9.80 Å². The molecule has 0 radical (unpaired) electrons. The largest absolute Gasteiger partial charge is 0.378 e. The number of thiocarbonyl (C=S) groups is 1. The van der Waals surface area contributed by atoms with E-state index in [1.54, 1.807) is 9.80 Å². The lowest BCUT2D eigenvalue weighted by Crippen LogP contribution is -2.30. The molecule has 2 heterocycles. The van der Waals surface area contributed by atoms with Crippen LogP contribution in [0, 0.1) is 0 Å². The van der Waals surface area contributed by atoms with Crippen LogP contribution in [0.15, 0.2) is 53.9 Å². The SMILES string of the molecule is CN1CCCC1=CC=C1C(=O)N(c2ccccc2)C(=S)N1C. The number of amides is 1. The van der Waals surface area contributed by atoms with Crippen molar-refractivity contribution in [3.05, 3.63) is 53.9 Å². The molecule has 2 aliphatic rings. The lowest BCUT2D eigenvalue weighted by atomic mass is 10.2. The number of hydrogen-bond donors (Lipinski definition) is 0. The van der Waals surface area contributed by atoms with Gasteiger partial charge in [-0.1, -0.05) is 18.2 Å². The normalized spacial score (nSPS) is 22.5. The molecule has 0 aromatic heterocycles. The first-order chi connectivity index (χ1) is 10.6. The van der Waals surface area contributed by atoms with Crippen molar-refractivity contribution in [2.75, 3.05) is 25.5 Å². The van der Waals surface area contributed by atoms with Gasteiger partial charge < -0.3 is 9.80 Å². The Labute approximate surface area is 136 Å². The van der Waals surface area contributed by atoms with Crippen LogP contribution in [0.25, 0.3) is 0 Å². The third kappa shape index (κ3) is 2.52. The number of carbonyl (C=O) groups excluding carboxylic acids is 1. The minimum atomic E-state index is -0.0730. The summed E-state index contributed by atoms with van der Waals surface area (Å²) in [4.78, 5) is 18.3. The van der Waals surface area contributed by atoms with Crippen molar-refractivity contribution in [3.63, 3.8) is 0 Å². The van der Waals surface area contributed by atoms with Crippen molar-refractivity contribution in [2.45, 2.75) is 12.8 Å². The van der Waals surface area contributed by atoms with Crippen LogP contribution < -0.4 is 4.90 Å². The Balaban J connectivity index is 1.91. The Kier molecular flexibility index (Phi) is 3.98. The minimum Gasteiger partial charge on any atom is -0.378 e. The number of likely N-dealkylation sites (tertiary alicyclic amines) is 1. The zero-order valence-corrected chi connectivity index (χ0v) is 13.6. The van der Waals surface area contributed by atoms with Crippen molar-refractivity contribution in [2.24, 2.45) is 0 Å². The van der Waals surface area contributed by atoms with E-state index < -0.39 is 0 Å². The van der Waals surface area contributed by atoms with Crippen LogP contribution >= 0.6 is 12.2 Å². The molecular formula is C17H19N3OS. The second-order valence-electron chi connectivity index (χ2n) is 5.55. The van der Waals surface area contributed by atoms with Crippen LogP contribution in [-0.2, 0) is 4.79 Å². The Morgan fingerprint density at radius 2 is 1.86 bits per heavy atom. The quantitative estimate of drug-likeness (QED) is 0.620. The molecule has 4 nitrogen and oxygen atoms in total. The van der Waals surface area contributed by atoms with Gasteiger partial charge in [-0.2, -0.15) is 0 Å². The van der Waals surface area contributed by atoms with Crippen molar-refractivity contribution in [1.29, 1.82) is 0 Å². The third-order valence-corrected chi connectivity index (χ3v) is 4.58. The molecule has 0 atom stereocenters. The van der Waals surface area contributed by atoms with Gasteiger partial charge in [-0.3, -0.25) is 9.69 Å². The number of likely N-dealkylation sites (N-methyl/N-ethyl adjacent to an activating group) is 1. The molecule has 1 amide bonds. The lowest BCUT2D eigenvalue weighted by molar-refractivity contribution is -0.114. The van der Waals surface area contributed by atoms with Crippen molar-refractivity contribution >= 4 is 28.9 Å². The second-order valence-corrected chi connectivity index (χ2v) is 5.92. The molecule has 2 fully saturated rings. The molecular weight excluding hydrogens is 294 g/mol. The van der Waals surface area contributed by atoms with Gasteiger partial charge in [0.05, 0.1) is 5.69 Å². The maximum atomic E-state index is 12.7. The summed E-state index contributed by atoms with van der Waals surface area (Å²) in [5.74, 6) is -0.0730. The Morgan fingerprint density at radius 3 is 2.50 bits per heavy atom. The Bertz CT molecular complexity index is 666. The van der Waals surface area contributed by atoms with Gasteiger partial charge in [0.2, 0.25) is 0 Å². The average Bonchev–Trinajstić information content (AvgIpc) is 3.01. The Morgan fingerprint density at radius 1 is 1.14 bits per heavy atom. The molecule has 2 aliphatic heterocycles. The molecule has 0 aliphatic carbocycles. The van der Waals surface area contributed by atoms with Crippen LogP contribution in [0.4, 0.5) is 5.69 Å². The summed E-state index contributed by atoms with van der Waals surface area (Å²) >= 11 is 5.43. The van der Waals surface area contributed by atoms with E-state index in [2.05, 4.69) is 11.9 Å². The predicted octanol–water partition coefficient (Wildman–Crippen LogP) is 2.74. The number of rotatable bonds is 2. The molecule has 0 spiro atoms. The molecule has 114 valence electrons. The van der Waals surface area contributed by atoms with E-state index in [0.717, 1.165) is 18.7 Å². The highest BCUT2D eigenvalue weighted by atomic mass is 32.1. The van der Waals surface area contributed by atoms with Crippen LogP contribution in [-0.4, -0.2) is 41.5 Å². The molecule has 5 heteroatoms. The number of benzene rings is 1. The molecule has 0 unspecified atom stereocenters. The van der Waals surface area contributed by atoms with Gasteiger partial charge in [0.1, 0.15) is 5.70 Å². The second kappa shape index (κ2) is 5.93. The highest BCUT2D eigenvalue weighted by Crippen LogP contribution is 2.27. The van der Waals surface area contributed by atoms with Crippen LogP contribution in [0.3, 0.4) is 0 Å². The van der Waals surface area contributed by atoms with Crippen molar-refractivity contribution in [3.8, 4) is 0 Å². The third-order valence-electron chi connectivity index (χ3n) is 4.13. The van der Waals surface area contributed by atoms with Gasteiger partial charge >= 0.3 is 0 Å². The summed E-state index contributed by atoms with van der Waals surface area (Å²) in [7, 11) is 3.92. The first-order valence-corrected chi connectivity index (χ1v) is 7.79. The zero-order chi connectivity index (χ0) is 15.7. The molecule has 0 saturated carbocycles. The highest BCUT2D eigenvalue weighted by molar-refractivity contribution is 7.80. The summed E-state index contributed by atoms with van der Waals surface area (Å²) in [6, 6.07) is 9.52. The van der Waals surface area contributed by atoms with Crippen LogP contribution in [0.5, 0.6) is 0 Å². The number of hydrogen-bond acceptors (Lipinski definition) is 3. The van der Waals surface area contributed by atoms with E-state index in [4.69, 9.17) is 12.2 Å². The summed E-state index contributed by atoms with van der Waals surface area (Å²) in [6.45, 7) is 1.08. The van der Waals surface area contributed by atoms with Gasteiger partial charge in [-0.15, -0.1) is 0 Å². The fourth-order valence-corrected chi connectivity index (χ4v) is 3.09. The monoisotopic (exact) mass is 313 g/mol. The maximum Gasteiger partial charge on any atom is 0.281 e. The number of para-hydroxylation sites is 1. The fourth-order valence-electron chi connectivity index (χ4n) is 2.80. The molecule has 22 heavy (non-hydrogen) atoms. The van der Waals surface area contributed by atoms with E-state index >= 15 is 0 Å². The van der Waals surface area contributed by atoms with Gasteiger partial charge in [-0.05, 0) is 49.3 Å². The molecule has 1 aromatic rings. The molecule has 0 bridgehead atoms. The van der Waals surface area contributed by atoms with Crippen LogP contribution in [0.2, 0.25) is 0 Å². The highest BCUT2D eigenvalue weighted by Gasteiger charge is 2.36. The van der Waals surface area contributed by atoms with E-state index in [1.807, 2.05) is 49.5 Å². The number of allylic oxidation sites excluding steroid dienone is 3. The predicted molar refractivity (Wildman–Crippen MR) is 92.3 cm³/mol. The first-order valence-electron chi connectivity index (χ1n) is 7.39. The van der Waals surface area contributed by atoms with E-state index in [0.29, 0.717) is 10.8 Å². The fraction of sp³-hybridized carbons (Fsp3) is 0.294. The molecule has 1 aromatic carbocycles. The standard InChI is InChI=1S/C17H19N3OS/c1-18-12-6-9-13(18)10-11-15-16(21)20(17(22)19(15)2)14-7-4-3-5-8-14/h3-5,7-8,10-11H,6,9,12H2,1-2H3. The Hall–Kier alpha value is -2.14. The number of carbonyl (C=O) groups is 1. The van der Waals surface area contributed by atoms with E-state index in [9.17, 15) is 4.79 Å². The number of nitrogens with zero attached hydrogens (tertiary/aromatic N) is 3. The summed E-state index contributed by atoms with van der Waals surface area (Å²) < 4.78 is 0. The molecule has 0 N–H and O–H groups in total. The maximum absolute atomic E-state index is 12.7. The minimum absolute atomic E-state index is 0.0730.